The molecule has 1 saturated carbocycles. The maximum Gasteiger partial charge on any atom is 0.270 e. The third kappa shape index (κ3) is 3.69. The van der Waals surface area contributed by atoms with Crippen molar-refractivity contribution >= 4 is 27.2 Å². The Balaban J connectivity index is 1.81. The molecular formula is C23H26N2O3S. The lowest BCUT2D eigenvalue weighted by Crippen LogP contribution is -2.40. The molecule has 0 bridgehead atoms. The van der Waals surface area contributed by atoms with Gasteiger partial charge in [0.15, 0.2) is 4.91 Å². The highest BCUT2D eigenvalue weighted by Gasteiger charge is 2.39. The van der Waals surface area contributed by atoms with Crippen LogP contribution >= 0.6 is 0 Å². The molecule has 0 saturated heterocycles. The van der Waals surface area contributed by atoms with Crippen LogP contribution in [0.25, 0.3) is 5.57 Å². The zero-order chi connectivity index (χ0) is 20.4. The van der Waals surface area contributed by atoms with E-state index in [0.717, 1.165) is 24.0 Å². The fourth-order valence-corrected chi connectivity index (χ4v) is 5.79. The normalized spacial score (nSPS) is 19.0. The highest BCUT2D eigenvalue weighted by molar-refractivity contribution is 7.97. The van der Waals surface area contributed by atoms with Gasteiger partial charge in [0.2, 0.25) is 0 Å². The summed E-state index contributed by atoms with van der Waals surface area (Å²) in [5, 5.41) is 2.93. The Morgan fingerprint density at radius 3 is 2.38 bits per heavy atom. The summed E-state index contributed by atoms with van der Waals surface area (Å²) in [6.07, 6.45) is 5.75. The van der Waals surface area contributed by atoms with Gasteiger partial charge in [0, 0.05) is 24.7 Å². The van der Waals surface area contributed by atoms with E-state index in [-0.39, 0.29) is 4.91 Å². The van der Waals surface area contributed by atoms with Gasteiger partial charge in [0.05, 0.1) is 5.69 Å². The molecule has 0 aromatic heterocycles. The number of sulfonamides is 1. The predicted molar refractivity (Wildman–Crippen MR) is 116 cm³/mol. The Bertz CT molecular complexity index is 1040. The number of hydrogen-bond donors (Lipinski definition) is 1. The van der Waals surface area contributed by atoms with Crippen LogP contribution in [0.3, 0.4) is 0 Å². The van der Waals surface area contributed by atoms with Crippen molar-refractivity contribution in [1.29, 1.82) is 0 Å². The first kappa shape index (κ1) is 19.7. The molecule has 1 aliphatic heterocycles. The van der Waals surface area contributed by atoms with Crippen molar-refractivity contribution < 1.29 is 13.2 Å². The van der Waals surface area contributed by atoms with Crippen molar-refractivity contribution in [3.8, 4) is 0 Å². The van der Waals surface area contributed by atoms with Crippen LogP contribution < -0.4 is 9.62 Å². The number of nitrogens with zero attached hydrogens (tertiary/aromatic N) is 1. The summed E-state index contributed by atoms with van der Waals surface area (Å²) in [6, 6.07) is 16.6. The second-order valence-corrected chi connectivity index (χ2v) is 9.68. The Morgan fingerprint density at radius 2 is 1.66 bits per heavy atom. The Hall–Kier alpha value is -2.60. The lowest BCUT2D eigenvalue weighted by molar-refractivity contribution is -0.117. The predicted octanol–water partition coefficient (Wildman–Crippen LogP) is 3.92. The maximum absolute atomic E-state index is 13.4. The van der Waals surface area contributed by atoms with E-state index in [1.165, 1.54) is 30.6 Å². The van der Waals surface area contributed by atoms with Gasteiger partial charge in [-0.25, -0.2) is 8.42 Å². The van der Waals surface area contributed by atoms with E-state index < -0.39 is 15.9 Å². The molecule has 2 aliphatic rings. The monoisotopic (exact) mass is 410 g/mol. The summed E-state index contributed by atoms with van der Waals surface area (Å²) < 4.78 is 27.9. The van der Waals surface area contributed by atoms with Gasteiger partial charge in [0.25, 0.3) is 15.9 Å². The lowest BCUT2D eigenvalue weighted by Gasteiger charge is -2.31. The van der Waals surface area contributed by atoms with E-state index in [9.17, 15) is 13.2 Å². The number of rotatable bonds is 4. The van der Waals surface area contributed by atoms with Crippen molar-refractivity contribution in [3.05, 3.63) is 70.6 Å². The summed E-state index contributed by atoms with van der Waals surface area (Å²) in [5.74, 6) is -0.0967. The molecule has 1 fully saturated rings. The first-order valence-electron chi connectivity index (χ1n) is 10.2. The average molecular weight is 411 g/mol. The third-order valence-electron chi connectivity index (χ3n) is 5.90. The minimum absolute atomic E-state index is 0.166. The van der Waals surface area contributed by atoms with Gasteiger partial charge in [-0.2, -0.15) is 0 Å². The molecule has 5 nitrogen and oxygen atoms in total. The van der Waals surface area contributed by atoms with E-state index in [1.54, 1.807) is 6.07 Å². The molecule has 1 N–H and O–H groups in total. The van der Waals surface area contributed by atoms with Crippen LogP contribution in [0.1, 0.15) is 43.2 Å². The average Bonchev–Trinajstić information content (AvgIpc) is 2.76. The second-order valence-electron chi connectivity index (χ2n) is 7.77. The number of para-hydroxylation sites is 1. The summed E-state index contributed by atoms with van der Waals surface area (Å²) in [6.45, 7) is 0.519. The van der Waals surface area contributed by atoms with Crippen LogP contribution in [0, 0.1) is 5.92 Å². The van der Waals surface area contributed by atoms with Crippen LogP contribution in [0.4, 0.5) is 5.69 Å². The highest BCUT2D eigenvalue weighted by atomic mass is 32.2. The summed E-state index contributed by atoms with van der Waals surface area (Å²) >= 11 is 0. The Morgan fingerprint density at radius 1 is 1.00 bits per heavy atom. The number of nitrogens with one attached hydrogen (secondary N) is 1. The number of carbonyl (C=O) groups is 1. The van der Waals surface area contributed by atoms with E-state index in [0.29, 0.717) is 23.7 Å². The summed E-state index contributed by atoms with van der Waals surface area (Å²) in [7, 11) is -2.46. The molecule has 2 aromatic carbocycles. The van der Waals surface area contributed by atoms with Crippen LogP contribution in [0.15, 0.2) is 59.5 Å². The number of benzene rings is 2. The van der Waals surface area contributed by atoms with Gasteiger partial charge in [0.1, 0.15) is 0 Å². The van der Waals surface area contributed by atoms with Gasteiger partial charge in [-0.15, -0.1) is 0 Å². The molecule has 0 atom stereocenters. The zero-order valence-corrected chi connectivity index (χ0v) is 17.4. The number of hydrogen-bond acceptors (Lipinski definition) is 3. The quantitative estimate of drug-likeness (QED) is 0.831. The van der Waals surface area contributed by atoms with Crippen molar-refractivity contribution in [2.24, 2.45) is 5.92 Å². The van der Waals surface area contributed by atoms with Crippen molar-refractivity contribution in [2.45, 2.75) is 32.1 Å². The lowest BCUT2D eigenvalue weighted by atomic mass is 9.89. The molecule has 0 unspecified atom stereocenters. The fraction of sp³-hybridized carbons (Fsp3) is 0.348. The van der Waals surface area contributed by atoms with Crippen molar-refractivity contribution in [3.63, 3.8) is 0 Å². The van der Waals surface area contributed by atoms with Gasteiger partial charge >= 0.3 is 0 Å². The fourth-order valence-electron chi connectivity index (χ4n) is 4.31. The number of carbonyl (C=O) groups excluding carboxylic acids is 1. The Labute approximate surface area is 172 Å². The minimum Gasteiger partial charge on any atom is -0.351 e. The molecule has 6 heteroatoms. The maximum atomic E-state index is 13.4. The van der Waals surface area contributed by atoms with E-state index in [2.05, 4.69) is 5.32 Å². The van der Waals surface area contributed by atoms with E-state index in [4.69, 9.17) is 0 Å². The molecule has 29 heavy (non-hydrogen) atoms. The largest absolute Gasteiger partial charge is 0.351 e. The molecule has 0 radical (unpaired) electrons. The molecule has 1 heterocycles. The van der Waals surface area contributed by atoms with Crippen LogP contribution in [0.2, 0.25) is 0 Å². The number of fused-ring (bicyclic) bond motifs is 1. The van der Waals surface area contributed by atoms with Gasteiger partial charge in [-0.3, -0.25) is 9.10 Å². The van der Waals surface area contributed by atoms with Gasteiger partial charge in [-0.1, -0.05) is 67.8 Å². The SMILES string of the molecule is CN1c2ccccc2C(c2ccccc2)=C(C(=O)NCC2CCCCC2)S1(=O)=O. The minimum atomic E-state index is -3.96. The van der Waals surface area contributed by atoms with Crippen molar-refractivity contribution in [2.75, 3.05) is 17.9 Å². The molecule has 152 valence electrons. The first-order valence-corrected chi connectivity index (χ1v) is 11.6. The smallest absolute Gasteiger partial charge is 0.270 e. The summed E-state index contributed by atoms with van der Waals surface area (Å²) in [4.78, 5) is 13.1. The standard InChI is InChI=1S/C23H26N2O3S/c1-25-20-15-9-8-14-19(20)21(18-12-6-3-7-13-18)22(29(25,27)28)23(26)24-16-17-10-4-2-5-11-17/h3,6-9,12-15,17H,2,4-5,10-11,16H2,1H3,(H,24,26). The molecule has 2 aromatic rings. The van der Waals surface area contributed by atoms with Crippen LogP contribution in [-0.4, -0.2) is 27.9 Å². The molecule has 0 spiro atoms. The second kappa shape index (κ2) is 8.03. The Kier molecular flexibility index (Phi) is 5.46. The van der Waals surface area contributed by atoms with E-state index in [1.807, 2.05) is 48.5 Å². The molecule has 4 rings (SSSR count). The number of amides is 1. The van der Waals surface area contributed by atoms with Gasteiger partial charge in [-0.05, 0) is 30.4 Å². The third-order valence-corrected chi connectivity index (χ3v) is 7.73. The topological polar surface area (TPSA) is 66.5 Å². The van der Waals surface area contributed by atoms with Crippen LogP contribution in [-0.2, 0) is 14.8 Å². The first-order chi connectivity index (χ1) is 14.0. The number of anilines is 1. The van der Waals surface area contributed by atoms with Crippen molar-refractivity contribution in [1.82, 2.24) is 5.32 Å². The van der Waals surface area contributed by atoms with Gasteiger partial charge < -0.3 is 5.32 Å². The highest BCUT2D eigenvalue weighted by Crippen LogP contribution is 2.41. The van der Waals surface area contributed by atoms with Crippen LogP contribution in [0.5, 0.6) is 0 Å². The molecular weight excluding hydrogens is 384 g/mol. The molecule has 1 amide bonds. The molecule has 1 aliphatic carbocycles. The van der Waals surface area contributed by atoms with E-state index >= 15 is 0 Å². The summed E-state index contributed by atoms with van der Waals surface area (Å²) in [5.41, 5.74) is 2.52. The zero-order valence-electron chi connectivity index (χ0n) is 16.6.